The number of aliphatic hydroxyl groups is 4. The lowest BCUT2D eigenvalue weighted by Gasteiger charge is -2.28. The number of carboxylic acid groups (broad SMARTS) is 1. The molecule has 0 spiro atoms. The maximum Gasteiger partial charge on any atom is 0.327 e. The molecule has 5 atom stereocenters. The minimum atomic E-state index is -1.76. The fraction of sp³-hybridized carbons (Fsp3) is 0.818. The Morgan fingerprint density at radius 2 is 1.76 bits per heavy atom. The van der Waals surface area contributed by atoms with Crippen molar-refractivity contribution in [3.05, 3.63) is 0 Å². The molecule has 0 aromatic heterocycles. The molecular formula is C11H22N2O7S. The highest BCUT2D eigenvalue weighted by molar-refractivity contribution is 7.98. The first-order valence-corrected chi connectivity index (χ1v) is 7.53. The van der Waals surface area contributed by atoms with Gasteiger partial charge in [0.1, 0.15) is 30.4 Å². The van der Waals surface area contributed by atoms with E-state index < -0.39 is 48.9 Å². The number of aliphatic carboxylic acids is 1. The summed E-state index contributed by atoms with van der Waals surface area (Å²) in [6.07, 6.45) is -3.43. The number of amides is 1. The van der Waals surface area contributed by atoms with Gasteiger partial charge in [0, 0.05) is 5.75 Å². The molecule has 0 aromatic carbocycles. The molecule has 0 bridgehead atoms. The van der Waals surface area contributed by atoms with Crippen molar-refractivity contribution < 1.29 is 35.1 Å². The first kappa shape index (κ1) is 20.1. The molecule has 10 heteroatoms. The summed E-state index contributed by atoms with van der Waals surface area (Å²) >= 11 is 1.22. The summed E-state index contributed by atoms with van der Waals surface area (Å²) in [5, 5.41) is 51.0. The molecule has 0 fully saturated rings. The van der Waals surface area contributed by atoms with E-state index in [-0.39, 0.29) is 5.75 Å². The van der Waals surface area contributed by atoms with Crippen LogP contribution in [0.15, 0.2) is 0 Å². The number of nitrogens with one attached hydrogen (secondary N) is 2. The van der Waals surface area contributed by atoms with Crippen LogP contribution in [0.25, 0.3) is 0 Å². The molecule has 0 aliphatic heterocycles. The van der Waals surface area contributed by atoms with Crippen molar-refractivity contribution in [1.82, 2.24) is 10.6 Å². The number of carbonyl (C=O) groups excluding carboxylic acids is 1. The van der Waals surface area contributed by atoms with Crippen molar-refractivity contribution in [3.63, 3.8) is 0 Å². The summed E-state index contributed by atoms with van der Waals surface area (Å²) in [7, 11) is 1.33. The standard InChI is InChI=1S/C11H22N2O7S/c1-12-7(9(17)8(16)6(15)3-14)10(18)13-5(4-21-2)11(19)20/h5-9,12,14-17H,3-4H2,1-2H3,(H,13,18)(H,19,20)/t5-,6+,7-,8+,9+/m0/s1. The third kappa shape index (κ3) is 6.16. The molecule has 0 saturated heterocycles. The van der Waals surface area contributed by atoms with Crippen molar-refractivity contribution in [2.24, 2.45) is 0 Å². The van der Waals surface area contributed by atoms with Crippen LogP contribution in [0.1, 0.15) is 0 Å². The molecule has 124 valence electrons. The van der Waals surface area contributed by atoms with Crippen molar-refractivity contribution in [2.75, 3.05) is 25.7 Å². The first-order chi connectivity index (χ1) is 9.79. The summed E-state index contributed by atoms with van der Waals surface area (Å²) < 4.78 is 0. The summed E-state index contributed by atoms with van der Waals surface area (Å²) in [4.78, 5) is 22.9. The number of carboxylic acids is 1. The second-order valence-corrected chi connectivity index (χ2v) is 5.26. The molecule has 7 N–H and O–H groups in total. The minimum absolute atomic E-state index is 0.134. The number of hydrogen-bond acceptors (Lipinski definition) is 8. The summed E-state index contributed by atoms with van der Waals surface area (Å²) in [5.41, 5.74) is 0. The topological polar surface area (TPSA) is 159 Å². The lowest BCUT2D eigenvalue weighted by atomic mass is 10.0. The lowest BCUT2D eigenvalue weighted by Crippen LogP contribution is -2.59. The van der Waals surface area contributed by atoms with Gasteiger partial charge in [-0.25, -0.2) is 4.79 Å². The second kappa shape index (κ2) is 9.92. The van der Waals surface area contributed by atoms with Crippen LogP contribution in [-0.4, -0.2) is 93.5 Å². The first-order valence-electron chi connectivity index (χ1n) is 6.14. The zero-order chi connectivity index (χ0) is 16.6. The Morgan fingerprint density at radius 1 is 1.19 bits per heavy atom. The average Bonchev–Trinajstić information content (AvgIpc) is 2.45. The smallest absolute Gasteiger partial charge is 0.327 e. The van der Waals surface area contributed by atoms with Gasteiger partial charge in [-0.2, -0.15) is 11.8 Å². The van der Waals surface area contributed by atoms with Crippen molar-refractivity contribution >= 4 is 23.6 Å². The van der Waals surface area contributed by atoms with E-state index >= 15 is 0 Å². The van der Waals surface area contributed by atoms with Gasteiger partial charge in [-0.15, -0.1) is 0 Å². The fourth-order valence-corrected chi connectivity index (χ4v) is 2.15. The zero-order valence-electron chi connectivity index (χ0n) is 11.8. The molecule has 1 amide bonds. The van der Waals surface area contributed by atoms with Crippen LogP contribution in [0.3, 0.4) is 0 Å². The summed E-state index contributed by atoms with van der Waals surface area (Å²) in [5.74, 6) is -1.93. The van der Waals surface area contributed by atoms with Crippen molar-refractivity contribution in [3.8, 4) is 0 Å². The molecule has 21 heavy (non-hydrogen) atoms. The molecule has 0 aromatic rings. The molecule has 0 unspecified atom stereocenters. The van der Waals surface area contributed by atoms with Gasteiger partial charge in [0.05, 0.1) is 6.61 Å². The highest BCUT2D eigenvalue weighted by atomic mass is 32.2. The highest BCUT2D eigenvalue weighted by Gasteiger charge is 2.35. The van der Waals surface area contributed by atoms with Gasteiger partial charge in [0.15, 0.2) is 0 Å². The average molecular weight is 326 g/mol. The van der Waals surface area contributed by atoms with Gasteiger partial charge in [-0.3, -0.25) is 4.79 Å². The largest absolute Gasteiger partial charge is 0.480 e. The second-order valence-electron chi connectivity index (χ2n) is 4.35. The van der Waals surface area contributed by atoms with Gasteiger partial charge in [0.2, 0.25) is 5.91 Å². The molecule has 9 nitrogen and oxygen atoms in total. The number of rotatable bonds is 10. The molecule has 0 saturated carbocycles. The maximum atomic E-state index is 12.0. The van der Waals surface area contributed by atoms with Crippen LogP contribution >= 0.6 is 11.8 Å². The van der Waals surface area contributed by atoms with Gasteiger partial charge in [-0.1, -0.05) is 0 Å². The Bertz CT molecular complexity index is 345. The van der Waals surface area contributed by atoms with E-state index in [4.69, 9.17) is 10.2 Å². The van der Waals surface area contributed by atoms with Crippen LogP contribution < -0.4 is 10.6 Å². The summed E-state index contributed by atoms with van der Waals surface area (Å²) in [6.45, 7) is -0.791. The van der Waals surface area contributed by atoms with Crippen LogP contribution in [0.5, 0.6) is 0 Å². The highest BCUT2D eigenvalue weighted by Crippen LogP contribution is 2.06. The number of likely N-dealkylation sites (N-methyl/N-ethyl adjacent to an activating group) is 1. The molecule has 0 aliphatic rings. The number of carbonyl (C=O) groups is 2. The van der Waals surface area contributed by atoms with Gasteiger partial charge in [0.25, 0.3) is 0 Å². The van der Waals surface area contributed by atoms with E-state index in [2.05, 4.69) is 10.6 Å². The fourth-order valence-electron chi connectivity index (χ4n) is 1.59. The predicted octanol–water partition coefficient (Wildman–Crippen LogP) is -3.42. The minimum Gasteiger partial charge on any atom is -0.480 e. The van der Waals surface area contributed by atoms with Gasteiger partial charge in [-0.05, 0) is 13.3 Å². The third-order valence-corrected chi connectivity index (χ3v) is 3.48. The quantitative estimate of drug-likeness (QED) is 0.217. The Balaban J connectivity index is 4.85. The molecular weight excluding hydrogens is 304 g/mol. The SMILES string of the molecule is CN[C@H](C(=O)N[C@@H](CSC)C(=O)O)[C@@H](O)[C@H](O)[C@H](O)CO. The molecule has 0 rings (SSSR count). The third-order valence-electron chi connectivity index (χ3n) is 2.81. The van der Waals surface area contributed by atoms with E-state index in [9.17, 15) is 24.9 Å². The Hall–Kier alpha value is -0.910. The Morgan fingerprint density at radius 3 is 2.14 bits per heavy atom. The van der Waals surface area contributed by atoms with E-state index in [0.717, 1.165) is 0 Å². The Labute approximate surface area is 126 Å². The number of hydrogen-bond donors (Lipinski definition) is 7. The molecule has 0 heterocycles. The monoisotopic (exact) mass is 326 g/mol. The Kier molecular flexibility index (Phi) is 9.49. The van der Waals surface area contributed by atoms with Crippen LogP contribution in [0.4, 0.5) is 0 Å². The molecule has 0 radical (unpaired) electrons. The van der Waals surface area contributed by atoms with E-state index in [1.165, 1.54) is 18.8 Å². The molecule has 0 aliphatic carbocycles. The number of thioether (sulfide) groups is 1. The normalized spacial score (nSPS) is 18.4. The lowest BCUT2D eigenvalue weighted by molar-refractivity contribution is -0.143. The maximum absolute atomic E-state index is 12.0. The zero-order valence-corrected chi connectivity index (χ0v) is 12.6. The summed E-state index contributed by atoms with van der Waals surface area (Å²) in [6, 6.07) is -2.49. The van der Waals surface area contributed by atoms with Crippen LogP contribution in [-0.2, 0) is 9.59 Å². The van der Waals surface area contributed by atoms with E-state index in [0.29, 0.717) is 0 Å². The van der Waals surface area contributed by atoms with Crippen molar-refractivity contribution in [1.29, 1.82) is 0 Å². The number of aliphatic hydroxyl groups excluding tert-OH is 4. The van der Waals surface area contributed by atoms with Gasteiger partial charge >= 0.3 is 5.97 Å². The predicted molar refractivity (Wildman–Crippen MR) is 75.9 cm³/mol. The van der Waals surface area contributed by atoms with E-state index in [1.807, 2.05) is 0 Å². The van der Waals surface area contributed by atoms with Crippen molar-refractivity contribution in [2.45, 2.75) is 30.4 Å². The van der Waals surface area contributed by atoms with Crippen LogP contribution in [0, 0.1) is 0 Å². The van der Waals surface area contributed by atoms with E-state index in [1.54, 1.807) is 6.26 Å². The van der Waals surface area contributed by atoms with Crippen LogP contribution in [0.2, 0.25) is 0 Å². The van der Waals surface area contributed by atoms with Gasteiger partial charge < -0.3 is 36.2 Å².